The van der Waals surface area contributed by atoms with E-state index in [0.717, 1.165) is 0 Å². The van der Waals surface area contributed by atoms with Gasteiger partial charge in [0.2, 0.25) is 0 Å². The molecule has 0 unspecified atom stereocenters. The molecule has 0 aliphatic heterocycles. The number of nitrogens with zero attached hydrogens (tertiary/aromatic N) is 1. The first-order chi connectivity index (χ1) is 5.11. The molecule has 1 aromatic heterocycles. The van der Waals surface area contributed by atoms with Gasteiger partial charge in [0.05, 0.1) is 17.4 Å². The van der Waals surface area contributed by atoms with Gasteiger partial charge >= 0.3 is 5.97 Å². The van der Waals surface area contributed by atoms with Crippen LogP contribution >= 0.6 is 15.9 Å². The Labute approximate surface area is 71.2 Å². The van der Waals surface area contributed by atoms with Crippen molar-refractivity contribution in [3.8, 4) is 0 Å². The first kappa shape index (κ1) is 8.00. The highest BCUT2D eigenvalue weighted by Gasteiger charge is 2.07. The Kier molecular flexibility index (Phi) is 2.09. The number of nitrogen functional groups attached to an aromatic ring is 1. The first-order valence-electron chi connectivity index (χ1n) is 2.75. The van der Waals surface area contributed by atoms with Crippen molar-refractivity contribution < 1.29 is 9.90 Å². The molecule has 1 heterocycles. The molecule has 0 radical (unpaired) electrons. The van der Waals surface area contributed by atoms with E-state index in [1.54, 1.807) is 0 Å². The first-order valence-corrected chi connectivity index (χ1v) is 3.55. The van der Waals surface area contributed by atoms with Gasteiger partial charge in [0.25, 0.3) is 0 Å². The molecule has 0 aromatic carbocycles. The second-order valence-electron chi connectivity index (χ2n) is 1.90. The quantitative estimate of drug-likeness (QED) is 0.691. The molecule has 4 nitrogen and oxygen atoms in total. The van der Waals surface area contributed by atoms with Gasteiger partial charge in [-0.2, -0.15) is 0 Å². The van der Waals surface area contributed by atoms with E-state index in [2.05, 4.69) is 20.9 Å². The number of hydrogen-bond acceptors (Lipinski definition) is 3. The average Bonchev–Trinajstić information content (AvgIpc) is 1.94. The smallest absolute Gasteiger partial charge is 0.337 e. The lowest BCUT2D eigenvalue weighted by Crippen LogP contribution is -2.02. The standard InChI is InChI=1S/C6H5BrN2O2/c7-5-1-3(6(10)11)4(8)2-9-5/h1-2H,8H2,(H,10,11). The summed E-state index contributed by atoms with van der Waals surface area (Å²) in [6, 6.07) is 1.36. The fraction of sp³-hybridized carbons (Fsp3) is 0. The number of rotatable bonds is 1. The zero-order chi connectivity index (χ0) is 8.43. The second kappa shape index (κ2) is 2.87. The van der Waals surface area contributed by atoms with Crippen molar-refractivity contribution in [3.63, 3.8) is 0 Å². The van der Waals surface area contributed by atoms with Crippen LogP contribution < -0.4 is 5.73 Å². The van der Waals surface area contributed by atoms with Gasteiger partial charge in [-0.25, -0.2) is 9.78 Å². The van der Waals surface area contributed by atoms with E-state index in [1.807, 2.05) is 0 Å². The maximum absolute atomic E-state index is 10.4. The number of aromatic carboxylic acids is 1. The highest BCUT2D eigenvalue weighted by Crippen LogP contribution is 2.14. The highest BCUT2D eigenvalue weighted by molar-refractivity contribution is 9.10. The number of anilines is 1. The topological polar surface area (TPSA) is 76.2 Å². The number of carboxylic acid groups (broad SMARTS) is 1. The lowest BCUT2D eigenvalue weighted by atomic mass is 10.2. The van der Waals surface area contributed by atoms with Gasteiger partial charge in [0.15, 0.2) is 0 Å². The monoisotopic (exact) mass is 216 g/mol. The van der Waals surface area contributed by atoms with Crippen LogP contribution in [0.4, 0.5) is 5.69 Å². The second-order valence-corrected chi connectivity index (χ2v) is 2.71. The maximum atomic E-state index is 10.4. The zero-order valence-corrected chi connectivity index (χ0v) is 7.00. The Hall–Kier alpha value is -1.10. The van der Waals surface area contributed by atoms with E-state index in [1.165, 1.54) is 12.3 Å². The maximum Gasteiger partial charge on any atom is 0.337 e. The minimum atomic E-state index is -1.05. The number of carbonyl (C=O) groups is 1. The van der Waals surface area contributed by atoms with Crippen molar-refractivity contribution in [3.05, 3.63) is 22.4 Å². The van der Waals surface area contributed by atoms with Crippen LogP contribution in [0, 0.1) is 0 Å². The van der Waals surface area contributed by atoms with E-state index in [9.17, 15) is 4.79 Å². The minimum absolute atomic E-state index is 0.0619. The van der Waals surface area contributed by atoms with Crippen molar-refractivity contribution >= 4 is 27.6 Å². The van der Waals surface area contributed by atoms with Gasteiger partial charge in [-0.1, -0.05) is 0 Å². The molecule has 0 fully saturated rings. The molecule has 11 heavy (non-hydrogen) atoms. The number of hydrogen-bond donors (Lipinski definition) is 2. The molecule has 0 spiro atoms. The molecular formula is C6H5BrN2O2. The molecule has 0 aliphatic rings. The fourth-order valence-electron chi connectivity index (χ4n) is 0.626. The van der Waals surface area contributed by atoms with Crippen LogP contribution in [-0.2, 0) is 0 Å². The predicted octanol–water partition coefficient (Wildman–Crippen LogP) is 1.12. The van der Waals surface area contributed by atoms with Crippen LogP contribution in [0.5, 0.6) is 0 Å². The lowest BCUT2D eigenvalue weighted by molar-refractivity contribution is 0.0698. The summed E-state index contributed by atoms with van der Waals surface area (Å²) in [7, 11) is 0. The van der Waals surface area contributed by atoms with Gasteiger partial charge < -0.3 is 10.8 Å². The molecule has 58 valence electrons. The van der Waals surface area contributed by atoms with Gasteiger partial charge in [0, 0.05) is 0 Å². The molecular weight excluding hydrogens is 212 g/mol. The molecule has 1 rings (SSSR count). The minimum Gasteiger partial charge on any atom is -0.478 e. The van der Waals surface area contributed by atoms with Crippen LogP contribution in [0.25, 0.3) is 0 Å². The normalized spacial score (nSPS) is 9.55. The number of pyridine rings is 1. The number of carboxylic acids is 1. The summed E-state index contributed by atoms with van der Waals surface area (Å²) >= 11 is 3.03. The largest absolute Gasteiger partial charge is 0.478 e. The summed E-state index contributed by atoms with van der Waals surface area (Å²) in [6.07, 6.45) is 1.30. The summed E-state index contributed by atoms with van der Waals surface area (Å²) in [5.74, 6) is -1.05. The molecule has 0 atom stereocenters. The van der Waals surface area contributed by atoms with Gasteiger partial charge in [0.1, 0.15) is 4.60 Å². The number of halogens is 1. The van der Waals surface area contributed by atoms with E-state index in [4.69, 9.17) is 10.8 Å². The number of aromatic nitrogens is 1. The summed E-state index contributed by atoms with van der Waals surface area (Å²) in [4.78, 5) is 14.2. The van der Waals surface area contributed by atoms with Crippen molar-refractivity contribution in [1.29, 1.82) is 0 Å². The highest BCUT2D eigenvalue weighted by atomic mass is 79.9. The molecule has 3 N–H and O–H groups in total. The summed E-state index contributed by atoms with van der Waals surface area (Å²) in [6.45, 7) is 0. The molecule has 1 aromatic rings. The summed E-state index contributed by atoms with van der Waals surface area (Å²) in [5, 5.41) is 8.56. The molecule has 0 saturated heterocycles. The van der Waals surface area contributed by atoms with Crippen molar-refractivity contribution in [2.75, 3.05) is 5.73 Å². The van der Waals surface area contributed by atoms with E-state index in [-0.39, 0.29) is 11.3 Å². The number of nitrogens with two attached hydrogens (primary N) is 1. The Bertz CT molecular complexity index is 301. The summed E-state index contributed by atoms with van der Waals surface area (Å²) in [5.41, 5.74) is 5.56. The van der Waals surface area contributed by atoms with Crippen LogP contribution in [0.3, 0.4) is 0 Å². The Balaban J connectivity index is 3.23. The third kappa shape index (κ3) is 1.68. The van der Waals surface area contributed by atoms with Crippen molar-refractivity contribution in [2.24, 2.45) is 0 Å². The SMILES string of the molecule is Nc1cnc(Br)cc1C(=O)O. The molecule has 0 bridgehead atoms. The van der Waals surface area contributed by atoms with Crippen LogP contribution in [0.1, 0.15) is 10.4 Å². The zero-order valence-electron chi connectivity index (χ0n) is 5.41. The third-order valence-corrected chi connectivity index (χ3v) is 1.57. The molecule has 5 heteroatoms. The van der Waals surface area contributed by atoms with Crippen LogP contribution in [0.2, 0.25) is 0 Å². The Morgan fingerprint density at radius 1 is 1.73 bits per heavy atom. The fourth-order valence-corrected chi connectivity index (χ4v) is 0.957. The average molecular weight is 217 g/mol. The van der Waals surface area contributed by atoms with Crippen LogP contribution in [0.15, 0.2) is 16.9 Å². The van der Waals surface area contributed by atoms with Gasteiger partial charge in [-0.05, 0) is 22.0 Å². The van der Waals surface area contributed by atoms with Crippen molar-refractivity contribution in [2.45, 2.75) is 0 Å². The lowest BCUT2D eigenvalue weighted by Gasteiger charge is -1.98. The molecule has 0 saturated carbocycles. The Morgan fingerprint density at radius 3 is 2.82 bits per heavy atom. The third-order valence-electron chi connectivity index (χ3n) is 1.13. The van der Waals surface area contributed by atoms with E-state index >= 15 is 0 Å². The summed E-state index contributed by atoms with van der Waals surface area (Å²) < 4.78 is 0.462. The van der Waals surface area contributed by atoms with Gasteiger partial charge in [-0.15, -0.1) is 0 Å². The Morgan fingerprint density at radius 2 is 2.36 bits per heavy atom. The van der Waals surface area contributed by atoms with Gasteiger partial charge in [-0.3, -0.25) is 0 Å². The molecule has 0 amide bonds. The molecule has 0 aliphatic carbocycles. The van der Waals surface area contributed by atoms with Crippen LogP contribution in [-0.4, -0.2) is 16.1 Å². The van der Waals surface area contributed by atoms with E-state index in [0.29, 0.717) is 4.60 Å². The van der Waals surface area contributed by atoms with E-state index < -0.39 is 5.97 Å². The van der Waals surface area contributed by atoms with Crippen molar-refractivity contribution in [1.82, 2.24) is 4.98 Å². The predicted molar refractivity (Wildman–Crippen MR) is 43.3 cm³/mol.